The van der Waals surface area contributed by atoms with Crippen molar-refractivity contribution in [2.24, 2.45) is 4.99 Å². The molecule has 1 aliphatic rings. The zero-order chi connectivity index (χ0) is 25.7. The molecule has 1 aliphatic heterocycles. The van der Waals surface area contributed by atoms with Crippen molar-refractivity contribution in [3.05, 3.63) is 94.2 Å². The molecule has 0 aliphatic carbocycles. The number of nitrogens with one attached hydrogen (secondary N) is 5. The summed E-state index contributed by atoms with van der Waals surface area (Å²) in [5.41, 5.74) is 12.0. The number of fused-ring (bicyclic) bond motifs is 1. The molecule has 1 atom stereocenters. The summed E-state index contributed by atoms with van der Waals surface area (Å²) >= 11 is 12.5. The molecule has 0 unspecified atom stereocenters. The van der Waals surface area contributed by atoms with Crippen LogP contribution in [0.15, 0.2) is 77.7 Å². The van der Waals surface area contributed by atoms with E-state index in [1.165, 1.54) is 18.3 Å². The zero-order valence-electron chi connectivity index (χ0n) is 19.0. The predicted molar refractivity (Wildman–Crippen MR) is 144 cm³/mol. The summed E-state index contributed by atoms with van der Waals surface area (Å²) in [6, 6.07) is 9.81. The number of hydrogen-bond acceptors (Lipinski definition) is 8. The van der Waals surface area contributed by atoms with Gasteiger partial charge in [0, 0.05) is 36.7 Å². The summed E-state index contributed by atoms with van der Waals surface area (Å²) in [6.07, 6.45) is 8.42. The van der Waals surface area contributed by atoms with E-state index in [4.69, 9.17) is 23.2 Å². The number of allylic oxidation sites excluding steroid dienone is 1. The lowest BCUT2D eigenvalue weighted by atomic mass is 10.0. The summed E-state index contributed by atoms with van der Waals surface area (Å²) in [4.78, 5) is 8.29. The van der Waals surface area contributed by atoms with Crippen LogP contribution in [-0.4, -0.2) is 24.3 Å². The van der Waals surface area contributed by atoms with Gasteiger partial charge in [0.2, 0.25) is 0 Å². The van der Waals surface area contributed by atoms with Gasteiger partial charge in [-0.15, -0.1) is 0 Å². The van der Waals surface area contributed by atoms with Crippen LogP contribution in [0.3, 0.4) is 0 Å². The monoisotopic (exact) mass is 522 g/mol. The van der Waals surface area contributed by atoms with Gasteiger partial charge in [-0.3, -0.25) is 9.98 Å². The summed E-state index contributed by atoms with van der Waals surface area (Å²) in [5.74, 6) is -0.633. The molecule has 0 fully saturated rings. The first-order valence-corrected chi connectivity index (χ1v) is 11.4. The van der Waals surface area contributed by atoms with Crippen LogP contribution in [0.25, 0.3) is 10.9 Å². The Labute approximate surface area is 217 Å². The standard InChI is InChI=1S/C25H21Cl2FN8/c1-14(5-4-8-30-2)23(21-13-32-36-35-21)33-16-9-17-24(34-20-7-3-6-18(26)22(20)28)15(11-29)12-31-25(17)19(27)10-16/h3-10,12-13,23,32-33,35-36H,1H2,2H3,(H,31,34)/b5-4-,30-8-/t23-/m0/s1. The molecule has 1 aromatic heterocycles. The van der Waals surface area contributed by atoms with Crippen LogP contribution < -0.4 is 27.0 Å². The first-order chi connectivity index (χ1) is 17.4. The number of anilines is 3. The second-order valence-corrected chi connectivity index (χ2v) is 8.47. The molecule has 0 spiro atoms. The number of pyridine rings is 1. The molecule has 5 N–H and O–H groups in total. The molecule has 0 radical (unpaired) electrons. The zero-order valence-corrected chi connectivity index (χ0v) is 20.5. The van der Waals surface area contributed by atoms with Gasteiger partial charge in [-0.2, -0.15) is 10.8 Å². The van der Waals surface area contributed by atoms with Crippen LogP contribution in [0.1, 0.15) is 5.56 Å². The molecule has 0 bridgehead atoms. The molecule has 8 nitrogen and oxygen atoms in total. The largest absolute Gasteiger partial charge is 0.373 e. The number of rotatable bonds is 8. The van der Waals surface area contributed by atoms with Crippen molar-refractivity contribution < 1.29 is 4.39 Å². The highest BCUT2D eigenvalue weighted by molar-refractivity contribution is 6.36. The molecule has 182 valence electrons. The number of nitriles is 1. The van der Waals surface area contributed by atoms with Gasteiger partial charge in [0.15, 0.2) is 5.82 Å². The van der Waals surface area contributed by atoms with Crippen LogP contribution in [-0.2, 0) is 0 Å². The van der Waals surface area contributed by atoms with E-state index >= 15 is 0 Å². The van der Waals surface area contributed by atoms with Crippen LogP contribution in [0.4, 0.5) is 21.5 Å². The van der Waals surface area contributed by atoms with Gasteiger partial charge in [-0.25, -0.2) is 4.39 Å². The van der Waals surface area contributed by atoms with Crippen molar-refractivity contribution in [3.8, 4) is 6.07 Å². The van der Waals surface area contributed by atoms with E-state index in [1.54, 1.807) is 43.7 Å². The van der Waals surface area contributed by atoms with E-state index in [-0.39, 0.29) is 22.3 Å². The van der Waals surface area contributed by atoms with Crippen LogP contribution in [0.2, 0.25) is 10.0 Å². The van der Waals surface area contributed by atoms with Crippen molar-refractivity contribution in [2.45, 2.75) is 6.04 Å². The number of hydrazine groups is 2. The number of hydrogen-bond donors (Lipinski definition) is 5. The molecule has 0 amide bonds. The average Bonchev–Trinajstić information content (AvgIpc) is 3.40. The molecule has 11 heteroatoms. The quantitative estimate of drug-likeness (QED) is 0.200. The van der Waals surface area contributed by atoms with E-state index in [9.17, 15) is 9.65 Å². The third-order valence-electron chi connectivity index (χ3n) is 5.30. The number of aromatic nitrogens is 1. The Morgan fingerprint density at radius 1 is 1.31 bits per heavy atom. The Bertz CT molecular complexity index is 1460. The second-order valence-electron chi connectivity index (χ2n) is 7.65. The summed E-state index contributed by atoms with van der Waals surface area (Å²) in [7, 11) is 1.68. The molecular weight excluding hydrogens is 502 g/mol. The smallest absolute Gasteiger partial charge is 0.165 e. The van der Waals surface area contributed by atoms with E-state index in [2.05, 4.69) is 49.6 Å². The molecule has 0 saturated carbocycles. The predicted octanol–water partition coefficient (Wildman–Crippen LogP) is 5.34. The van der Waals surface area contributed by atoms with Crippen molar-refractivity contribution in [1.29, 1.82) is 5.26 Å². The number of halogens is 3. The highest BCUT2D eigenvalue weighted by Crippen LogP contribution is 2.36. The lowest BCUT2D eigenvalue weighted by Gasteiger charge is -2.22. The molecule has 3 aromatic rings. The maximum absolute atomic E-state index is 14.7. The Morgan fingerprint density at radius 3 is 2.86 bits per heavy atom. The molecular formula is C25H21Cl2FN8. The Balaban J connectivity index is 1.79. The van der Waals surface area contributed by atoms with E-state index in [1.807, 2.05) is 6.08 Å². The lowest BCUT2D eigenvalue weighted by molar-refractivity contribution is 0.589. The Hall–Kier alpha value is -4.10. The highest BCUT2D eigenvalue weighted by atomic mass is 35.5. The van der Waals surface area contributed by atoms with Crippen LogP contribution in [0.5, 0.6) is 0 Å². The third kappa shape index (κ3) is 5.26. The highest BCUT2D eigenvalue weighted by Gasteiger charge is 2.21. The van der Waals surface area contributed by atoms with Crippen molar-refractivity contribution >= 4 is 57.4 Å². The van der Waals surface area contributed by atoms with Gasteiger partial charge in [-0.05, 0) is 35.9 Å². The number of aliphatic imine (C=N–C) groups is 1. The fourth-order valence-corrected chi connectivity index (χ4v) is 4.04. The van der Waals surface area contributed by atoms with Gasteiger partial charge in [0.05, 0.1) is 44.2 Å². The summed E-state index contributed by atoms with van der Waals surface area (Å²) in [6.45, 7) is 4.17. The van der Waals surface area contributed by atoms with Crippen LogP contribution >= 0.6 is 23.2 Å². The van der Waals surface area contributed by atoms with E-state index in [0.717, 1.165) is 11.3 Å². The first-order valence-electron chi connectivity index (χ1n) is 10.7. The molecule has 36 heavy (non-hydrogen) atoms. The average molecular weight is 523 g/mol. The minimum absolute atomic E-state index is 0.0423. The van der Waals surface area contributed by atoms with Gasteiger partial charge in [0.1, 0.15) is 6.07 Å². The van der Waals surface area contributed by atoms with E-state index in [0.29, 0.717) is 27.3 Å². The minimum atomic E-state index is -0.633. The summed E-state index contributed by atoms with van der Waals surface area (Å²) in [5, 5.41) is 17.0. The van der Waals surface area contributed by atoms with E-state index < -0.39 is 5.82 Å². The Kier molecular flexibility index (Phi) is 7.71. The SMILES string of the molecule is C=C(/C=C\C=N/C)[C@H](Nc1cc(Cl)c2ncc(C#N)c(Nc3cccc(Cl)c3F)c2c1)C1=CNNN1. The topological polar surface area (TPSA) is 109 Å². The number of nitrogens with zero attached hydrogens (tertiary/aromatic N) is 3. The van der Waals surface area contributed by atoms with Crippen molar-refractivity contribution in [2.75, 3.05) is 17.7 Å². The molecule has 0 saturated heterocycles. The molecule has 2 aromatic carbocycles. The molecule has 2 heterocycles. The summed E-state index contributed by atoms with van der Waals surface area (Å²) < 4.78 is 14.7. The maximum Gasteiger partial charge on any atom is 0.165 e. The van der Waals surface area contributed by atoms with Gasteiger partial charge < -0.3 is 21.5 Å². The lowest BCUT2D eigenvalue weighted by Crippen LogP contribution is -2.37. The fourth-order valence-electron chi connectivity index (χ4n) is 3.60. The van der Waals surface area contributed by atoms with Crippen LogP contribution in [0, 0.1) is 17.1 Å². The Morgan fingerprint density at radius 2 is 2.14 bits per heavy atom. The normalized spacial score (nSPS) is 13.8. The van der Waals surface area contributed by atoms with Gasteiger partial charge in [0.25, 0.3) is 0 Å². The van der Waals surface area contributed by atoms with Crippen molar-refractivity contribution in [3.63, 3.8) is 0 Å². The van der Waals surface area contributed by atoms with Gasteiger partial charge in [-0.1, -0.05) is 41.9 Å². The van der Waals surface area contributed by atoms with Gasteiger partial charge >= 0.3 is 0 Å². The third-order valence-corrected chi connectivity index (χ3v) is 5.88. The fraction of sp³-hybridized carbons (Fsp3) is 0.0800. The second kappa shape index (κ2) is 11.1. The number of benzene rings is 2. The molecule has 4 rings (SSSR count). The minimum Gasteiger partial charge on any atom is -0.373 e. The first kappa shape index (κ1) is 25.0. The van der Waals surface area contributed by atoms with Crippen molar-refractivity contribution in [1.82, 2.24) is 21.4 Å². The maximum atomic E-state index is 14.7.